The van der Waals surface area contributed by atoms with E-state index in [1.165, 1.54) is 24.3 Å². The van der Waals surface area contributed by atoms with Crippen LogP contribution < -0.4 is 5.32 Å². The first-order valence-corrected chi connectivity index (χ1v) is 4.22. The van der Waals surface area contributed by atoms with Gasteiger partial charge in [-0.15, -0.1) is 0 Å². The molecule has 0 fully saturated rings. The van der Waals surface area contributed by atoms with Gasteiger partial charge in [0.25, 0.3) is 0 Å². The zero-order valence-electron chi connectivity index (χ0n) is 7.35. The summed E-state index contributed by atoms with van der Waals surface area (Å²) in [6.07, 6.45) is 5.85. The molecule has 0 saturated carbocycles. The number of rotatable bonds is 2. The van der Waals surface area contributed by atoms with Crippen LogP contribution in [0, 0.1) is 0 Å². The molecule has 2 nitrogen and oxygen atoms in total. The molecule has 1 aliphatic heterocycles. The lowest BCUT2D eigenvalue weighted by molar-refractivity contribution is 0.739. The van der Waals surface area contributed by atoms with Crippen molar-refractivity contribution in [3.8, 4) is 0 Å². The molecule has 0 aromatic carbocycles. The van der Waals surface area contributed by atoms with Crippen molar-refractivity contribution >= 4 is 5.71 Å². The van der Waals surface area contributed by atoms with Crippen molar-refractivity contribution in [2.45, 2.75) is 26.2 Å². The van der Waals surface area contributed by atoms with Crippen molar-refractivity contribution in [1.82, 2.24) is 5.32 Å². The maximum Gasteiger partial charge on any atom is 0.0392 e. The zero-order chi connectivity index (χ0) is 8.10. The summed E-state index contributed by atoms with van der Waals surface area (Å²) in [7, 11) is 1.94. The third kappa shape index (κ3) is 2.74. The van der Waals surface area contributed by atoms with Gasteiger partial charge in [-0.25, -0.2) is 0 Å². The quantitative estimate of drug-likeness (QED) is 0.640. The SMILES string of the molecule is CN/C(C)=C\C1=NCCCC1. The first-order chi connectivity index (χ1) is 5.33. The van der Waals surface area contributed by atoms with Crippen LogP contribution in [0.4, 0.5) is 0 Å². The van der Waals surface area contributed by atoms with Crippen molar-refractivity contribution in [3.05, 3.63) is 11.8 Å². The molecule has 0 saturated heterocycles. The van der Waals surface area contributed by atoms with E-state index in [1.54, 1.807) is 0 Å². The lowest BCUT2D eigenvalue weighted by atomic mass is 10.1. The van der Waals surface area contributed by atoms with Gasteiger partial charge in [-0.05, 0) is 32.3 Å². The minimum Gasteiger partial charge on any atom is -0.392 e. The highest BCUT2D eigenvalue weighted by atomic mass is 14.8. The molecule has 1 rings (SSSR count). The van der Waals surface area contributed by atoms with Gasteiger partial charge < -0.3 is 5.32 Å². The molecule has 0 aromatic heterocycles. The van der Waals surface area contributed by atoms with Crippen molar-refractivity contribution < 1.29 is 0 Å². The molecule has 62 valence electrons. The molecule has 0 aromatic rings. The van der Waals surface area contributed by atoms with Crippen LogP contribution in [-0.4, -0.2) is 19.3 Å². The Bertz CT molecular complexity index is 180. The highest BCUT2D eigenvalue weighted by Gasteiger charge is 2.01. The third-order valence-corrected chi connectivity index (χ3v) is 1.93. The van der Waals surface area contributed by atoms with Crippen molar-refractivity contribution in [2.24, 2.45) is 4.99 Å². The molecular weight excluding hydrogens is 136 g/mol. The van der Waals surface area contributed by atoms with E-state index in [-0.39, 0.29) is 0 Å². The summed E-state index contributed by atoms with van der Waals surface area (Å²) in [5, 5.41) is 3.09. The highest BCUT2D eigenvalue weighted by molar-refractivity contribution is 5.95. The van der Waals surface area contributed by atoms with E-state index in [2.05, 4.69) is 23.3 Å². The predicted molar refractivity (Wildman–Crippen MR) is 49.0 cm³/mol. The fourth-order valence-electron chi connectivity index (χ4n) is 1.16. The second-order valence-corrected chi connectivity index (χ2v) is 2.91. The van der Waals surface area contributed by atoms with Gasteiger partial charge in [0.05, 0.1) is 0 Å². The molecule has 1 N–H and O–H groups in total. The van der Waals surface area contributed by atoms with Crippen LogP contribution in [-0.2, 0) is 0 Å². The summed E-state index contributed by atoms with van der Waals surface area (Å²) < 4.78 is 0. The number of hydrogen-bond acceptors (Lipinski definition) is 2. The summed E-state index contributed by atoms with van der Waals surface area (Å²) in [5.74, 6) is 0. The Hall–Kier alpha value is -0.790. The molecule has 1 heterocycles. The number of nitrogens with one attached hydrogen (secondary N) is 1. The Balaban J connectivity index is 2.53. The predicted octanol–water partition coefficient (Wildman–Crippen LogP) is 1.73. The van der Waals surface area contributed by atoms with Crippen molar-refractivity contribution in [1.29, 1.82) is 0 Å². The average molecular weight is 152 g/mol. The summed E-state index contributed by atoms with van der Waals surface area (Å²) in [6.45, 7) is 3.08. The lowest BCUT2D eigenvalue weighted by Crippen LogP contribution is -2.08. The molecule has 0 atom stereocenters. The van der Waals surface area contributed by atoms with Gasteiger partial charge in [0.2, 0.25) is 0 Å². The van der Waals surface area contributed by atoms with Gasteiger partial charge in [-0.1, -0.05) is 0 Å². The van der Waals surface area contributed by atoms with Crippen LogP contribution in [0.5, 0.6) is 0 Å². The molecule has 0 spiro atoms. The number of allylic oxidation sites excluding steroid dienone is 2. The Morgan fingerprint density at radius 2 is 2.36 bits per heavy atom. The largest absolute Gasteiger partial charge is 0.392 e. The molecule has 2 heteroatoms. The van der Waals surface area contributed by atoms with Crippen molar-refractivity contribution in [3.63, 3.8) is 0 Å². The van der Waals surface area contributed by atoms with Crippen LogP contribution in [0.15, 0.2) is 16.8 Å². The Morgan fingerprint density at radius 3 is 2.91 bits per heavy atom. The van der Waals surface area contributed by atoms with E-state index in [1.807, 2.05) is 7.05 Å². The summed E-state index contributed by atoms with van der Waals surface area (Å²) in [4.78, 5) is 4.42. The minimum absolute atomic E-state index is 1.02. The maximum atomic E-state index is 4.42. The number of aliphatic imine (C=N–C) groups is 1. The maximum absolute atomic E-state index is 4.42. The van der Waals surface area contributed by atoms with E-state index in [9.17, 15) is 0 Å². The van der Waals surface area contributed by atoms with Crippen LogP contribution in [0.25, 0.3) is 0 Å². The highest BCUT2D eigenvalue weighted by Crippen LogP contribution is 2.07. The van der Waals surface area contributed by atoms with Crippen LogP contribution >= 0.6 is 0 Å². The molecule has 1 aliphatic rings. The molecule has 0 bridgehead atoms. The van der Waals surface area contributed by atoms with E-state index in [0.29, 0.717) is 0 Å². The van der Waals surface area contributed by atoms with Gasteiger partial charge >= 0.3 is 0 Å². The standard InChI is InChI=1S/C9H16N2/c1-8(10-2)7-9-5-3-4-6-11-9/h7,10H,3-6H2,1-2H3/b8-7-. The average Bonchev–Trinajstić information content (AvgIpc) is 2.06. The normalized spacial score (nSPS) is 19.5. The topological polar surface area (TPSA) is 24.4 Å². The van der Waals surface area contributed by atoms with Gasteiger partial charge in [-0.3, -0.25) is 4.99 Å². The fourth-order valence-corrected chi connectivity index (χ4v) is 1.16. The Morgan fingerprint density at radius 1 is 1.55 bits per heavy atom. The van der Waals surface area contributed by atoms with E-state index in [4.69, 9.17) is 0 Å². The van der Waals surface area contributed by atoms with Gasteiger partial charge in [0.15, 0.2) is 0 Å². The molecule has 0 aliphatic carbocycles. The van der Waals surface area contributed by atoms with Gasteiger partial charge in [0, 0.05) is 25.0 Å². The molecule has 11 heavy (non-hydrogen) atoms. The second-order valence-electron chi connectivity index (χ2n) is 2.91. The van der Waals surface area contributed by atoms with Crippen molar-refractivity contribution in [2.75, 3.05) is 13.6 Å². The van der Waals surface area contributed by atoms with Crippen LogP contribution in [0.1, 0.15) is 26.2 Å². The summed E-state index contributed by atoms with van der Waals surface area (Å²) in [5.41, 5.74) is 2.45. The van der Waals surface area contributed by atoms with Crippen LogP contribution in [0.2, 0.25) is 0 Å². The van der Waals surface area contributed by atoms with Gasteiger partial charge in [0.1, 0.15) is 0 Å². The molecule has 0 unspecified atom stereocenters. The molecular formula is C9H16N2. The second kappa shape index (κ2) is 4.16. The Kier molecular flexibility index (Phi) is 3.14. The fraction of sp³-hybridized carbons (Fsp3) is 0.667. The number of hydrogen-bond donors (Lipinski definition) is 1. The minimum atomic E-state index is 1.02. The first-order valence-electron chi connectivity index (χ1n) is 4.22. The first kappa shape index (κ1) is 8.31. The van der Waals surface area contributed by atoms with E-state index >= 15 is 0 Å². The van der Waals surface area contributed by atoms with Crippen LogP contribution in [0.3, 0.4) is 0 Å². The van der Waals surface area contributed by atoms with E-state index in [0.717, 1.165) is 13.0 Å². The zero-order valence-corrected chi connectivity index (χ0v) is 7.35. The lowest BCUT2D eigenvalue weighted by Gasteiger charge is -2.08. The Labute approximate surface area is 68.4 Å². The summed E-state index contributed by atoms with van der Waals surface area (Å²) in [6, 6.07) is 0. The smallest absolute Gasteiger partial charge is 0.0392 e. The van der Waals surface area contributed by atoms with E-state index < -0.39 is 0 Å². The summed E-state index contributed by atoms with van der Waals surface area (Å²) >= 11 is 0. The molecule has 0 amide bonds. The number of nitrogens with zero attached hydrogens (tertiary/aromatic N) is 1. The third-order valence-electron chi connectivity index (χ3n) is 1.93. The molecule has 0 radical (unpaired) electrons. The van der Waals surface area contributed by atoms with Gasteiger partial charge in [-0.2, -0.15) is 0 Å². The monoisotopic (exact) mass is 152 g/mol.